The maximum absolute atomic E-state index is 13.3. The Morgan fingerprint density at radius 2 is 1.62 bits per heavy atom. The van der Waals surface area contributed by atoms with Gasteiger partial charge < -0.3 is 20.4 Å². The molecule has 1 aliphatic heterocycles. The number of aryl methyl sites for hydroxylation is 1. The first kappa shape index (κ1) is 25.9. The lowest BCUT2D eigenvalue weighted by Gasteiger charge is -2.24. The second kappa shape index (κ2) is 12.7. The molecule has 3 aromatic carbocycles. The molecule has 0 fully saturated rings. The van der Waals surface area contributed by atoms with Crippen LogP contribution in [-0.2, 0) is 16.0 Å². The topological polar surface area (TPSA) is 81.8 Å². The zero-order valence-electron chi connectivity index (χ0n) is 21.3. The summed E-state index contributed by atoms with van der Waals surface area (Å²) in [6.07, 6.45) is 3.74. The van der Waals surface area contributed by atoms with Gasteiger partial charge in [-0.1, -0.05) is 36.4 Å². The van der Waals surface area contributed by atoms with Crippen molar-refractivity contribution >= 4 is 34.8 Å². The van der Waals surface area contributed by atoms with Crippen molar-refractivity contribution < 1.29 is 14.4 Å². The van der Waals surface area contributed by atoms with Gasteiger partial charge in [0, 0.05) is 49.2 Å². The van der Waals surface area contributed by atoms with Crippen LogP contribution in [0, 0.1) is 0 Å². The number of hydrogen-bond acceptors (Lipinski definition) is 4. The molecular weight excluding hydrogens is 464 g/mol. The van der Waals surface area contributed by atoms with Gasteiger partial charge in [-0.25, -0.2) is 0 Å². The average molecular weight is 499 g/mol. The standard InChI is InChI=1S/C30H34N4O3/c1-23(35)31-19-9-20-33(27-12-3-2-4-13-27)22-29(36)32-26-17-15-25(16-18-26)30(37)34-21-8-7-11-24-10-5-6-14-28(24)34/h2-6,10,12-18H,7-9,11,19-22H2,1H3,(H,31,35)(H,32,36). The minimum Gasteiger partial charge on any atom is -0.362 e. The van der Waals surface area contributed by atoms with E-state index < -0.39 is 0 Å². The van der Waals surface area contributed by atoms with E-state index in [0.29, 0.717) is 30.9 Å². The molecule has 192 valence electrons. The van der Waals surface area contributed by atoms with E-state index in [9.17, 15) is 14.4 Å². The summed E-state index contributed by atoms with van der Waals surface area (Å²) in [5, 5.41) is 5.74. The van der Waals surface area contributed by atoms with E-state index in [-0.39, 0.29) is 24.3 Å². The lowest BCUT2D eigenvalue weighted by molar-refractivity contribution is -0.119. The lowest BCUT2D eigenvalue weighted by Crippen LogP contribution is -2.35. The fraction of sp³-hybridized carbons (Fsp3) is 0.300. The van der Waals surface area contributed by atoms with Gasteiger partial charge in [-0.15, -0.1) is 0 Å². The quantitative estimate of drug-likeness (QED) is 0.421. The van der Waals surface area contributed by atoms with Crippen LogP contribution in [0.3, 0.4) is 0 Å². The summed E-state index contributed by atoms with van der Waals surface area (Å²) in [5.74, 6) is -0.239. The highest BCUT2D eigenvalue weighted by Gasteiger charge is 2.22. The Labute approximate surface area is 218 Å². The van der Waals surface area contributed by atoms with E-state index in [1.165, 1.54) is 12.5 Å². The maximum atomic E-state index is 13.3. The van der Waals surface area contributed by atoms with Gasteiger partial charge >= 0.3 is 0 Å². The number of para-hydroxylation sites is 2. The first-order valence-electron chi connectivity index (χ1n) is 12.9. The van der Waals surface area contributed by atoms with Crippen LogP contribution >= 0.6 is 0 Å². The van der Waals surface area contributed by atoms with E-state index in [0.717, 1.165) is 37.1 Å². The Morgan fingerprint density at radius 3 is 2.38 bits per heavy atom. The number of benzene rings is 3. The lowest BCUT2D eigenvalue weighted by atomic mass is 10.1. The molecule has 7 nitrogen and oxygen atoms in total. The first-order valence-corrected chi connectivity index (χ1v) is 12.9. The summed E-state index contributed by atoms with van der Waals surface area (Å²) in [5.41, 5.74) is 4.38. The Bertz CT molecular complexity index is 1210. The molecule has 7 heteroatoms. The number of nitrogens with zero attached hydrogens (tertiary/aromatic N) is 2. The molecule has 1 heterocycles. The predicted octanol–water partition coefficient (Wildman–Crippen LogP) is 4.64. The normalized spacial score (nSPS) is 12.7. The zero-order valence-corrected chi connectivity index (χ0v) is 21.3. The van der Waals surface area contributed by atoms with Gasteiger partial charge in [0.25, 0.3) is 5.91 Å². The molecule has 2 N–H and O–H groups in total. The Balaban J connectivity index is 1.38. The third-order valence-electron chi connectivity index (χ3n) is 6.46. The molecule has 0 unspecified atom stereocenters. The van der Waals surface area contributed by atoms with Gasteiger partial charge in [0.05, 0.1) is 6.54 Å². The number of hydrogen-bond donors (Lipinski definition) is 2. The molecule has 0 saturated heterocycles. The number of carbonyl (C=O) groups is 3. The average Bonchev–Trinajstić information content (AvgIpc) is 3.13. The van der Waals surface area contributed by atoms with Gasteiger partial charge in [-0.05, 0) is 73.7 Å². The summed E-state index contributed by atoms with van der Waals surface area (Å²) in [4.78, 5) is 41.2. The molecule has 37 heavy (non-hydrogen) atoms. The molecule has 0 radical (unpaired) electrons. The van der Waals surface area contributed by atoms with Gasteiger partial charge in [0.2, 0.25) is 11.8 Å². The summed E-state index contributed by atoms with van der Waals surface area (Å²) >= 11 is 0. The van der Waals surface area contributed by atoms with Gasteiger partial charge in [-0.2, -0.15) is 0 Å². The number of nitrogens with one attached hydrogen (secondary N) is 2. The molecule has 0 atom stereocenters. The van der Waals surface area contributed by atoms with E-state index in [1.54, 1.807) is 24.3 Å². The van der Waals surface area contributed by atoms with Crippen LogP contribution in [-0.4, -0.2) is 43.9 Å². The second-order valence-corrected chi connectivity index (χ2v) is 9.26. The van der Waals surface area contributed by atoms with Crippen molar-refractivity contribution in [1.29, 1.82) is 0 Å². The SMILES string of the molecule is CC(=O)NCCCN(CC(=O)Nc1ccc(C(=O)N2CCCCc3ccccc32)cc1)c1ccccc1. The molecule has 4 rings (SSSR count). The minimum absolute atomic E-state index is 0.0263. The number of rotatable bonds is 9. The molecule has 3 aromatic rings. The van der Waals surface area contributed by atoms with Crippen LogP contribution in [0.1, 0.15) is 42.1 Å². The molecule has 0 bridgehead atoms. The molecule has 0 aromatic heterocycles. The van der Waals surface area contributed by atoms with Crippen molar-refractivity contribution in [1.82, 2.24) is 5.32 Å². The fourth-order valence-electron chi connectivity index (χ4n) is 4.60. The molecule has 0 spiro atoms. The summed E-state index contributed by atoms with van der Waals surface area (Å²) in [7, 11) is 0. The van der Waals surface area contributed by atoms with Crippen molar-refractivity contribution in [3.8, 4) is 0 Å². The van der Waals surface area contributed by atoms with Crippen LogP contribution in [0.25, 0.3) is 0 Å². The van der Waals surface area contributed by atoms with E-state index >= 15 is 0 Å². The van der Waals surface area contributed by atoms with Crippen LogP contribution in [0.15, 0.2) is 78.9 Å². The zero-order chi connectivity index (χ0) is 26.0. The molecule has 3 amide bonds. The third kappa shape index (κ3) is 7.19. The van der Waals surface area contributed by atoms with Crippen LogP contribution in [0.4, 0.5) is 17.1 Å². The smallest absolute Gasteiger partial charge is 0.258 e. The second-order valence-electron chi connectivity index (χ2n) is 9.26. The van der Waals surface area contributed by atoms with Gasteiger partial charge in [-0.3, -0.25) is 14.4 Å². The fourth-order valence-corrected chi connectivity index (χ4v) is 4.60. The van der Waals surface area contributed by atoms with Crippen molar-refractivity contribution in [3.63, 3.8) is 0 Å². The molecule has 0 aliphatic carbocycles. The van der Waals surface area contributed by atoms with Crippen molar-refractivity contribution in [2.45, 2.75) is 32.6 Å². The Kier molecular flexibility index (Phi) is 8.92. The van der Waals surface area contributed by atoms with Crippen LogP contribution in [0.5, 0.6) is 0 Å². The maximum Gasteiger partial charge on any atom is 0.258 e. The summed E-state index contributed by atoms with van der Waals surface area (Å²) < 4.78 is 0. The van der Waals surface area contributed by atoms with Crippen molar-refractivity contribution in [3.05, 3.63) is 90.0 Å². The van der Waals surface area contributed by atoms with E-state index in [2.05, 4.69) is 16.7 Å². The predicted molar refractivity (Wildman–Crippen MR) is 148 cm³/mol. The van der Waals surface area contributed by atoms with Crippen molar-refractivity contribution in [2.24, 2.45) is 0 Å². The molecule has 1 aliphatic rings. The monoisotopic (exact) mass is 498 g/mol. The first-order chi connectivity index (χ1) is 18.0. The minimum atomic E-state index is -0.149. The van der Waals surface area contributed by atoms with Gasteiger partial charge in [0.15, 0.2) is 0 Å². The highest BCUT2D eigenvalue weighted by molar-refractivity contribution is 6.07. The molecular formula is C30H34N4O3. The largest absolute Gasteiger partial charge is 0.362 e. The van der Waals surface area contributed by atoms with E-state index in [1.807, 2.05) is 58.3 Å². The molecule has 0 saturated carbocycles. The summed E-state index contributed by atoms with van der Waals surface area (Å²) in [6.45, 7) is 3.55. The number of amides is 3. The third-order valence-corrected chi connectivity index (χ3v) is 6.46. The van der Waals surface area contributed by atoms with Crippen LogP contribution < -0.4 is 20.4 Å². The van der Waals surface area contributed by atoms with Crippen molar-refractivity contribution in [2.75, 3.05) is 41.3 Å². The Hall–Kier alpha value is -4.13. The number of anilines is 3. The van der Waals surface area contributed by atoms with Gasteiger partial charge in [0.1, 0.15) is 0 Å². The highest BCUT2D eigenvalue weighted by Crippen LogP contribution is 2.27. The highest BCUT2D eigenvalue weighted by atomic mass is 16.2. The summed E-state index contributed by atoms with van der Waals surface area (Å²) in [6, 6.07) is 24.9. The Morgan fingerprint density at radius 1 is 0.892 bits per heavy atom. The van der Waals surface area contributed by atoms with E-state index in [4.69, 9.17) is 0 Å². The number of carbonyl (C=O) groups excluding carboxylic acids is 3. The number of fused-ring (bicyclic) bond motifs is 1. The van der Waals surface area contributed by atoms with Crippen LogP contribution in [0.2, 0.25) is 0 Å².